The fraction of sp³-hybridized carbons (Fsp3) is 0.320. The number of carbonyl (C=O) groups excluding carboxylic acids is 2. The second kappa shape index (κ2) is 7.03. The normalized spacial score (nSPS) is 24.1. The lowest BCUT2D eigenvalue weighted by Crippen LogP contribution is -2.49. The average Bonchev–Trinajstić information content (AvgIpc) is 3.08. The van der Waals surface area contributed by atoms with E-state index in [2.05, 4.69) is 22.0 Å². The van der Waals surface area contributed by atoms with Gasteiger partial charge in [-0.15, -0.1) is 0 Å². The van der Waals surface area contributed by atoms with Crippen molar-refractivity contribution in [3.05, 3.63) is 77.5 Å². The molecule has 0 saturated carbocycles. The van der Waals surface area contributed by atoms with E-state index in [4.69, 9.17) is 0 Å². The minimum Gasteiger partial charge on any atom is -0.334 e. The largest absolute Gasteiger partial charge is 0.334 e. The van der Waals surface area contributed by atoms with Gasteiger partial charge in [-0.25, -0.2) is 0 Å². The molecule has 2 aromatic carbocycles. The molecule has 0 N–H and O–H groups in total. The Hall–Kier alpha value is -3.05. The third-order valence-corrected chi connectivity index (χ3v) is 6.75. The van der Waals surface area contributed by atoms with Crippen LogP contribution in [0.4, 0.5) is 0 Å². The van der Waals surface area contributed by atoms with Crippen molar-refractivity contribution >= 4 is 22.6 Å². The van der Waals surface area contributed by atoms with Crippen LogP contribution in [0, 0.1) is 5.41 Å². The first-order valence-electron chi connectivity index (χ1n) is 10.5. The van der Waals surface area contributed by atoms with Crippen LogP contribution in [0.1, 0.15) is 40.1 Å². The number of rotatable bonds is 3. The highest BCUT2D eigenvalue weighted by Gasteiger charge is 2.54. The van der Waals surface area contributed by atoms with Gasteiger partial charge in [0, 0.05) is 43.3 Å². The van der Waals surface area contributed by atoms with Gasteiger partial charge in [0.2, 0.25) is 0 Å². The quantitative estimate of drug-likeness (QED) is 0.673. The highest BCUT2D eigenvalue weighted by Crippen LogP contribution is 2.41. The number of benzene rings is 2. The molecule has 0 unspecified atom stereocenters. The van der Waals surface area contributed by atoms with E-state index in [0.29, 0.717) is 30.8 Å². The molecular weight excluding hydrogens is 374 g/mol. The topological polar surface area (TPSA) is 53.5 Å². The summed E-state index contributed by atoms with van der Waals surface area (Å²) in [4.78, 5) is 35.6. The molecule has 2 atom stereocenters. The monoisotopic (exact) mass is 399 g/mol. The number of fused-ring (bicyclic) bond motifs is 3. The van der Waals surface area contributed by atoms with Crippen LogP contribution in [0.15, 0.2) is 60.8 Å². The number of pyridine rings is 1. The molecule has 0 spiro atoms. The van der Waals surface area contributed by atoms with Gasteiger partial charge in [0.05, 0.1) is 22.5 Å². The number of Topliss-reactive ketones (excluding diaryl/α,β-unsaturated/α-hetero) is 1. The highest BCUT2D eigenvalue weighted by molar-refractivity contribution is 6.12. The third-order valence-electron chi connectivity index (χ3n) is 6.75. The van der Waals surface area contributed by atoms with E-state index >= 15 is 0 Å². The second-order valence-electron chi connectivity index (χ2n) is 8.56. The number of aromatic nitrogens is 1. The molecule has 5 nitrogen and oxygen atoms in total. The van der Waals surface area contributed by atoms with Crippen LogP contribution in [-0.2, 0) is 6.54 Å². The number of amides is 1. The zero-order valence-corrected chi connectivity index (χ0v) is 17.3. The van der Waals surface area contributed by atoms with Gasteiger partial charge in [-0.05, 0) is 37.6 Å². The Morgan fingerprint density at radius 1 is 1.03 bits per heavy atom. The molecule has 3 heterocycles. The van der Waals surface area contributed by atoms with Crippen molar-refractivity contribution in [1.29, 1.82) is 0 Å². The van der Waals surface area contributed by atoms with Crippen LogP contribution >= 0.6 is 0 Å². The second-order valence-corrected chi connectivity index (χ2v) is 8.56. The van der Waals surface area contributed by atoms with Crippen LogP contribution in [0.3, 0.4) is 0 Å². The van der Waals surface area contributed by atoms with Gasteiger partial charge in [0.1, 0.15) is 0 Å². The van der Waals surface area contributed by atoms with E-state index in [1.165, 1.54) is 5.56 Å². The van der Waals surface area contributed by atoms with Gasteiger partial charge in [-0.3, -0.25) is 19.5 Å². The Morgan fingerprint density at radius 3 is 2.63 bits per heavy atom. The Balaban J connectivity index is 1.53. The van der Waals surface area contributed by atoms with Crippen LogP contribution in [-0.4, -0.2) is 52.2 Å². The lowest BCUT2D eigenvalue weighted by molar-refractivity contribution is 0.0560. The molecule has 1 amide bonds. The van der Waals surface area contributed by atoms with Gasteiger partial charge in [0.25, 0.3) is 5.91 Å². The van der Waals surface area contributed by atoms with Crippen LogP contribution < -0.4 is 0 Å². The van der Waals surface area contributed by atoms with Gasteiger partial charge >= 0.3 is 0 Å². The average molecular weight is 399 g/mol. The molecule has 152 valence electrons. The van der Waals surface area contributed by atoms with Crippen molar-refractivity contribution in [2.75, 3.05) is 19.6 Å². The fourth-order valence-electron chi connectivity index (χ4n) is 5.25. The van der Waals surface area contributed by atoms with Crippen LogP contribution in [0.2, 0.25) is 0 Å². The number of hydrogen-bond acceptors (Lipinski definition) is 4. The lowest BCUT2D eigenvalue weighted by atomic mass is 9.78. The summed E-state index contributed by atoms with van der Waals surface area (Å²) in [5.74, 6) is 0.0425. The summed E-state index contributed by atoms with van der Waals surface area (Å²) in [6.45, 7) is 6.67. The third kappa shape index (κ3) is 2.76. The summed E-state index contributed by atoms with van der Waals surface area (Å²) in [7, 11) is 0. The summed E-state index contributed by atoms with van der Waals surface area (Å²) in [6, 6.07) is 17.4. The number of likely N-dealkylation sites (tertiary alicyclic amines) is 1. The zero-order valence-electron chi connectivity index (χ0n) is 17.3. The van der Waals surface area contributed by atoms with Crippen molar-refractivity contribution in [3.63, 3.8) is 0 Å². The number of likely N-dealkylation sites (N-methyl/N-ethyl adjacent to an activating group) is 1. The summed E-state index contributed by atoms with van der Waals surface area (Å²) < 4.78 is 0. The van der Waals surface area contributed by atoms with Crippen molar-refractivity contribution in [3.8, 4) is 0 Å². The first-order valence-corrected chi connectivity index (χ1v) is 10.5. The predicted octanol–water partition coefficient (Wildman–Crippen LogP) is 3.78. The molecule has 2 aliphatic heterocycles. The summed E-state index contributed by atoms with van der Waals surface area (Å²) in [5, 5.41) is 1.14. The fourth-order valence-corrected chi connectivity index (χ4v) is 5.25. The summed E-state index contributed by atoms with van der Waals surface area (Å²) in [5.41, 5.74) is 2.64. The minimum absolute atomic E-state index is 0.0358. The maximum absolute atomic E-state index is 13.6. The number of hydrogen-bond donors (Lipinski definition) is 0. The van der Waals surface area contributed by atoms with Crippen molar-refractivity contribution in [2.24, 2.45) is 5.41 Å². The summed E-state index contributed by atoms with van der Waals surface area (Å²) >= 11 is 0. The first kappa shape index (κ1) is 18.9. The van der Waals surface area contributed by atoms with Crippen LogP contribution in [0.5, 0.6) is 0 Å². The molecule has 2 aliphatic rings. The van der Waals surface area contributed by atoms with E-state index in [9.17, 15) is 9.59 Å². The Morgan fingerprint density at radius 2 is 1.83 bits per heavy atom. The molecule has 3 aromatic rings. The zero-order chi connectivity index (χ0) is 20.9. The molecule has 0 bridgehead atoms. The molecule has 5 rings (SSSR count). The number of carbonyl (C=O) groups is 2. The van der Waals surface area contributed by atoms with E-state index in [1.54, 1.807) is 12.1 Å². The highest BCUT2D eigenvalue weighted by atomic mass is 16.2. The van der Waals surface area contributed by atoms with Gasteiger partial charge in [0.15, 0.2) is 5.78 Å². The molecule has 1 aromatic heterocycles. The van der Waals surface area contributed by atoms with Crippen LogP contribution in [0.25, 0.3) is 10.9 Å². The van der Waals surface area contributed by atoms with Gasteiger partial charge < -0.3 is 4.90 Å². The molecule has 1 fully saturated rings. The van der Waals surface area contributed by atoms with Gasteiger partial charge in [-0.1, -0.05) is 36.4 Å². The van der Waals surface area contributed by atoms with E-state index in [-0.39, 0.29) is 17.7 Å². The van der Waals surface area contributed by atoms with E-state index in [1.807, 2.05) is 55.3 Å². The Labute approximate surface area is 176 Å². The Kier molecular flexibility index (Phi) is 4.44. The Bertz CT molecular complexity index is 1150. The molecule has 5 heteroatoms. The van der Waals surface area contributed by atoms with E-state index < -0.39 is 5.41 Å². The molecule has 30 heavy (non-hydrogen) atoms. The van der Waals surface area contributed by atoms with E-state index in [0.717, 1.165) is 17.4 Å². The van der Waals surface area contributed by atoms with Crippen molar-refractivity contribution < 1.29 is 9.59 Å². The molecular formula is C25H25N3O2. The predicted molar refractivity (Wildman–Crippen MR) is 116 cm³/mol. The summed E-state index contributed by atoms with van der Waals surface area (Å²) in [6.07, 6.45) is 1.81. The maximum atomic E-state index is 13.6. The maximum Gasteiger partial charge on any atom is 0.254 e. The first-order chi connectivity index (χ1) is 14.5. The minimum atomic E-state index is -0.624. The van der Waals surface area contributed by atoms with Gasteiger partial charge in [-0.2, -0.15) is 0 Å². The molecule has 0 aliphatic carbocycles. The molecule has 0 radical (unpaired) electrons. The molecule has 1 saturated heterocycles. The van der Waals surface area contributed by atoms with Crippen molar-refractivity contribution in [1.82, 2.24) is 14.8 Å². The van der Waals surface area contributed by atoms with Crippen molar-refractivity contribution in [2.45, 2.75) is 26.4 Å². The number of ketones is 1. The smallest absolute Gasteiger partial charge is 0.254 e. The SMILES string of the molecule is CCN1C(=O)c2ccccc2C(=O)[C@@]2(C)CN(Cc3cccc4ncccc34)C[C@@H]12. The standard InChI is InChI=1S/C25H25N3O2/c1-3-28-22-15-27(14-17-8-6-12-21-18(17)11-7-13-26-21)16-25(22,2)23(29)19-9-4-5-10-20(19)24(28)30/h4-13,22H,3,14-16H2,1-2H3/t22-,25+/m1/s1. The lowest BCUT2D eigenvalue weighted by Gasteiger charge is -2.34. The number of nitrogens with zero attached hydrogens (tertiary/aromatic N) is 3.